The summed E-state index contributed by atoms with van der Waals surface area (Å²) in [4.78, 5) is 0. The predicted molar refractivity (Wildman–Crippen MR) is 85.6 cm³/mol. The van der Waals surface area contributed by atoms with Crippen molar-refractivity contribution in [2.24, 2.45) is 0 Å². The van der Waals surface area contributed by atoms with Gasteiger partial charge in [0.05, 0.1) is 0 Å². The number of rotatable bonds is 10. The first-order chi connectivity index (χ1) is 7.18. The highest BCUT2D eigenvalue weighted by atomic mass is 127. The summed E-state index contributed by atoms with van der Waals surface area (Å²) in [6.45, 7) is 7.02. The van der Waals surface area contributed by atoms with E-state index in [1.54, 1.807) is 0 Å². The van der Waals surface area contributed by atoms with Gasteiger partial charge in [-0.15, -0.1) is 0 Å². The summed E-state index contributed by atoms with van der Waals surface area (Å²) in [5.74, 6) is 4.34. The fourth-order valence-electron chi connectivity index (χ4n) is 1.81. The van der Waals surface area contributed by atoms with E-state index in [4.69, 9.17) is 0 Å². The van der Waals surface area contributed by atoms with Crippen LogP contribution in [0, 0.1) is 0 Å². The van der Waals surface area contributed by atoms with Crippen LogP contribution in [-0.4, -0.2) is 17.3 Å². The molecule has 0 fully saturated rings. The van der Waals surface area contributed by atoms with Gasteiger partial charge in [0.15, 0.2) is 0 Å². The van der Waals surface area contributed by atoms with Crippen molar-refractivity contribution in [2.45, 2.75) is 65.7 Å². The number of hydrogen-bond donors (Lipinski definition) is 0. The maximum atomic E-state index is 2.76. The highest BCUT2D eigenvalue weighted by Gasteiger charge is 2.14. The van der Waals surface area contributed by atoms with Crippen molar-refractivity contribution < 1.29 is 0 Å². The predicted octanol–water partition coefficient (Wildman–Crippen LogP) is 5.93. The zero-order valence-corrected chi connectivity index (χ0v) is 13.8. The number of hydrogen-bond acceptors (Lipinski definition) is 0. The van der Waals surface area contributed by atoms with Crippen LogP contribution in [0.25, 0.3) is 0 Å². The largest absolute Gasteiger partial charge is 0.188 e. The highest BCUT2D eigenvalue weighted by Crippen LogP contribution is 2.56. The molecule has 0 spiro atoms. The van der Waals surface area contributed by atoms with Crippen LogP contribution >= 0.6 is 28.4 Å². The van der Waals surface area contributed by atoms with E-state index < -0.39 is 0 Å². The maximum absolute atomic E-state index is 2.76. The van der Waals surface area contributed by atoms with Gasteiger partial charge < -0.3 is 0 Å². The standard InChI is InChI=1S/C13H29IS/c1-4-7-8-9-10-11-12-13-15(14,5-2)6-3/h4-13H2,1-3H3. The quantitative estimate of drug-likeness (QED) is 0.340. The molecule has 0 heterocycles. The monoisotopic (exact) mass is 344 g/mol. The van der Waals surface area contributed by atoms with Gasteiger partial charge in [0.25, 0.3) is 0 Å². The van der Waals surface area contributed by atoms with Crippen LogP contribution in [0.4, 0.5) is 0 Å². The van der Waals surface area contributed by atoms with Gasteiger partial charge in [0, 0.05) is 0 Å². The molecule has 0 aliphatic carbocycles. The molecule has 0 aromatic rings. The molecule has 0 aliphatic heterocycles. The van der Waals surface area contributed by atoms with Gasteiger partial charge in [0.1, 0.15) is 0 Å². The number of halogens is 1. The van der Waals surface area contributed by atoms with Crippen LogP contribution in [-0.2, 0) is 0 Å². The van der Waals surface area contributed by atoms with E-state index in [2.05, 4.69) is 42.0 Å². The third-order valence-electron chi connectivity index (χ3n) is 3.15. The Hall–Kier alpha value is 1.08. The molecule has 2 heteroatoms. The first kappa shape index (κ1) is 16.1. The molecular weight excluding hydrogens is 315 g/mol. The van der Waals surface area contributed by atoms with Gasteiger partial charge in [-0.2, -0.15) is 7.20 Å². The zero-order chi connectivity index (χ0) is 11.6. The Morgan fingerprint density at radius 3 is 1.67 bits per heavy atom. The first-order valence-electron chi connectivity index (χ1n) is 6.64. The Labute approximate surface area is 111 Å². The smallest absolute Gasteiger partial charge is 0.0144 e. The van der Waals surface area contributed by atoms with Crippen LogP contribution in [0.5, 0.6) is 0 Å². The minimum atomic E-state index is -0.242. The molecule has 0 aromatic heterocycles. The molecule has 0 nitrogen and oxygen atoms in total. The molecule has 0 saturated carbocycles. The van der Waals surface area contributed by atoms with Gasteiger partial charge in [-0.1, -0.05) is 59.3 Å². The summed E-state index contributed by atoms with van der Waals surface area (Å²) in [6, 6.07) is 0. The summed E-state index contributed by atoms with van der Waals surface area (Å²) in [7, 11) is -0.242. The third-order valence-corrected chi connectivity index (χ3v) is 11.3. The second kappa shape index (κ2) is 10.2. The van der Waals surface area contributed by atoms with Gasteiger partial charge in [-0.3, -0.25) is 0 Å². The van der Waals surface area contributed by atoms with Crippen LogP contribution in [0.3, 0.4) is 0 Å². The zero-order valence-electron chi connectivity index (χ0n) is 10.9. The molecule has 0 aromatic carbocycles. The molecule has 15 heavy (non-hydrogen) atoms. The van der Waals surface area contributed by atoms with Crippen molar-refractivity contribution in [1.82, 2.24) is 0 Å². The second-order valence-corrected chi connectivity index (χ2v) is 13.4. The molecule has 0 aliphatic rings. The summed E-state index contributed by atoms with van der Waals surface area (Å²) in [6.07, 6.45) is 10.2. The average molecular weight is 344 g/mol. The molecular formula is C13H29IS. The van der Waals surface area contributed by atoms with E-state index in [0.29, 0.717) is 0 Å². The van der Waals surface area contributed by atoms with Crippen molar-refractivity contribution in [3.8, 4) is 0 Å². The van der Waals surface area contributed by atoms with Gasteiger partial charge in [-0.25, -0.2) is 0 Å². The van der Waals surface area contributed by atoms with Crippen molar-refractivity contribution in [3.63, 3.8) is 0 Å². The Morgan fingerprint density at radius 1 is 0.733 bits per heavy atom. The summed E-state index contributed by atoms with van der Waals surface area (Å²) in [5.41, 5.74) is 0. The van der Waals surface area contributed by atoms with E-state index in [1.165, 1.54) is 62.2 Å². The molecule has 94 valence electrons. The van der Waals surface area contributed by atoms with Gasteiger partial charge in [0.2, 0.25) is 0 Å². The SMILES string of the molecule is CCCCCCCCCS(I)(CC)CC. The molecule has 0 rings (SSSR count). The van der Waals surface area contributed by atoms with Crippen molar-refractivity contribution in [1.29, 1.82) is 0 Å². The lowest BCUT2D eigenvalue weighted by Gasteiger charge is -2.30. The van der Waals surface area contributed by atoms with Crippen LogP contribution in [0.1, 0.15) is 65.7 Å². The number of unbranched alkanes of at least 4 members (excludes halogenated alkanes) is 6. The summed E-state index contributed by atoms with van der Waals surface area (Å²) < 4.78 is 0. The Kier molecular flexibility index (Phi) is 11.0. The van der Waals surface area contributed by atoms with Crippen molar-refractivity contribution in [2.75, 3.05) is 17.3 Å². The Bertz CT molecular complexity index is 132. The van der Waals surface area contributed by atoms with Crippen LogP contribution in [0.15, 0.2) is 0 Å². The second-order valence-electron chi connectivity index (χ2n) is 4.34. The Balaban J connectivity index is 3.29. The molecule has 0 saturated heterocycles. The summed E-state index contributed by atoms with van der Waals surface area (Å²) in [5, 5.41) is 0. The van der Waals surface area contributed by atoms with E-state index in [9.17, 15) is 0 Å². The average Bonchev–Trinajstić information content (AvgIpc) is 2.27. The minimum Gasteiger partial charge on any atom is -0.188 e. The lowest BCUT2D eigenvalue weighted by Crippen LogP contribution is -2.02. The molecule has 0 unspecified atom stereocenters. The van der Waals surface area contributed by atoms with E-state index in [0.717, 1.165) is 0 Å². The van der Waals surface area contributed by atoms with Crippen molar-refractivity contribution in [3.05, 3.63) is 0 Å². The van der Waals surface area contributed by atoms with E-state index in [1.807, 2.05) is 0 Å². The minimum absolute atomic E-state index is 0.242. The van der Waals surface area contributed by atoms with E-state index >= 15 is 0 Å². The lowest BCUT2D eigenvalue weighted by molar-refractivity contribution is 0.603. The lowest BCUT2D eigenvalue weighted by atomic mass is 10.1. The maximum Gasteiger partial charge on any atom is -0.0144 e. The van der Waals surface area contributed by atoms with Crippen LogP contribution < -0.4 is 0 Å². The van der Waals surface area contributed by atoms with Gasteiger partial charge in [-0.05, 0) is 44.9 Å². The van der Waals surface area contributed by atoms with Gasteiger partial charge >= 0.3 is 0 Å². The normalized spacial score (nSPS) is 13.1. The Morgan fingerprint density at radius 2 is 1.20 bits per heavy atom. The van der Waals surface area contributed by atoms with Crippen LogP contribution in [0.2, 0.25) is 0 Å². The highest BCUT2D eigenvalue weighted by molar-refractivity contribution is 14.2. The topological polar surface area (TPSA) is 0 Å². The molecule has 0 radical (unpaired) electrons. The molecule has 0 amide bonds. The first-order valence-corrected chi connectivity index (χ1v) is 11.3. The molecule has 0 N–H and O–H groups in total. The third kappa shape index (κ3) is 8.84. The van der Waals surface area contributed by atoms with Crippen molar-refractivity contribution >= 4 is 28.4 Å². The fraction of sp³-hybridized carbons (Fsp3) is 1.00. The molecule has 0 atom stereocenters. The molecule has 0 bridgehead atoms. The fourth-order valence-corrected chi connectivity index (χ4v) is 4.45. The van der Waals surface area contributed by atoms with E-state index in [-0.39, 0.29) is 7.20 Å². The summed E-state index contributed by atoms with van der Waals surface area (Å²) >= 11 is 2.76.